The van der Waals surface area contributed by atoms with Crippen LogP contribution in [0.3, 0.4) is 0 Å². The Bertz CT molecular complexity index is 542. The molecule has 1 N–H and O–H groups in total. The number of aromatic nitrogens is 1. The van der Waals surface area contributed by atoms with Gasteiger partial charge in [0.2, 0.25) is 0 Å². The van der Waals surface area contributed by atoms with E-state index in [0.717, 1.165) is 28.5 Å². The first-order valence-electron chi connectivity index (χ1n) is 5.61. The second kappa shape index (κ2) is 5.69. The second-order valence-electron chi connectivity index (χ2n) is 4.15. The third-order valence-corrected chi connectivity index (χ3v) is 3.75. The topological polar surface area (TPSA) is 36.4 Å². The molecule has 0 spiro atoms. The van der Waals surface area contributed by atoms with Crippen molar-refractivity contribution in [2.24, 2.45) is 0 Å². The van der Waals surface area contributed by atoms with Crippen molar-refractivity contribution in [3.63, 3.8) is 0 Å². The molecule has 96 valence electrons. The minimum absolute atomic E-state index is 0.0175. The lowest BCUT2D eigenvalue weighted by Crippen LogP contribution is -2.18. The first-order chi connectivity index (χ1) is 8.60. The first-order valence-corrected chi connectivity index (χ1v) is 6.87. The van der Waals surface area contributed by atoms with Gasteiger partial charge in [-0.15, -0.1) is 11.3 Å². The molecule has 5 heteroatoms. The highest BCUT2D eigenvalue weighted by Crippen LogP contribution is 2.25. The van der Waals surface area contributed by atoms with Gasteiger partial charge in [-0.25, -0.2) is 4.98 Å². The van der Waals surface area contributed by atoms with Crippen LogP contribution in [0.25, 0.3) is 0 Å². The van der Waals surface area contributed by atoms with E-state index in [9.17, 15) is 5.11 Å². The molecule has 1 aromatic carbocycles. The number of hydrogen-bond acceptors (Lipinski definition) is 4. The number of thiazole rings is 1. The summed E-state index contributed by atoms with van der Waals surface area (Å²) in [4.78, 5) is 6.50. The maximum atomic E-state index is 9.36. The van der Waals surface area contributed by atoms with E-state index in [0.29, 0.717) is 5.02 Å². The lowest BCUT2D eigenvalue weighted by atomic mass is 10.1. The van der Waals surface area contributed by atoms with Gasteiger partial charge in [0.1, 0.15) is 0 Å². The van der Waals surface area contributed by atoms with Crippen molar-refractivity contribution >= 4 is 28.6 Å². The van der Waals surface area contributed by atoms with Crippen molar-refractivity contribution in [3.8, 4) is 0 Å². The zero-order valence-electron chi connectivity index (χ0n) is 10.4. The lowest BCUT2D eigenvalue weighted by molar-refractivity contribution is 0.282. The second-order valence-corrected chi connectivity index (χ2v) is 5.64. The summed E-state index contributed by atoms with van der Waals surface area (Å²) in [6.07, 6.45) is 0. The number of anilines is 1. The van der Waals surface area contributed by atoms with E-state index >= 15 is 0 Å². The molecule has 0 saturated carbocycles. The summed E-state index contributed by atoms with van der Waals surface area (Å²) < 4.78 is 0. The van der Waals surface area contributed by atoms with Gasteiger partial charge < -0.3 is 10.0 Å². The number of nitrogens with zero attached hydrogens (tertiary/aromatic N) is 2. The summed E-state index contributed by atoms with van der Waals surface area (Å²) in [5.41, 5.74) is 2.85. The molecule has 1 aromatic heterocycles. The molecule has 0 radical (unpaired) electrons. The Labute approximate surface area is 116 Å². The quantitative estimate of drug-likeness (QED) is 0.935. The predicted octanol–water partition coefficient (Wildman–Crippen LogP) is 3.23. The highest BCUT2D eigenvalue weighted by molar-refractivity contribution is 7.09. The molecule has 0 atom stereocenters. The van der Waals surface area contributed by atoms with Crippen LogP contribution in [0.4, 0.5) is 5.69 Å². The van der Waals surface area contributed by atoms with Crippen LogP contribution in [0.5, 0.6) is 0 Å². The number of aliphatic hydroxyl groups excluding tert-OH is 1. The molecular formula is C13H15ClN2OS. The maximum absolute atomic E-state index is 9.36. The van der Waals surface area contributed by atoms with Gasteiger partial charge in [0.05, 0.1) is 23.9 Å². The average Bonchev–Trinajstić information content (AvgIpc) is 2.74. The van der Waals surface area contributed by atoms with Gasteiger partial charge in [-0.2, -0.15) is 0 Å². The number of aliphatic hydroxyl groups is 1. The van der Waals surface area contributed by atoms with Crippen molar-refractivity contribution < 1.29 is 5.11 Å². The van der Waals surface area contributed by atoms with Crippen LogP contribution >= 0.6 is 22.9 Å². The third-order valence-electron chi connectivity index (χ3n) is 2.69. The summed E-state index contributed by atoms with van der Waals surface area (Å²) in [6.45, 7) is 2.70. The molecule has 0 unspecified atom stereocenters. The number of aryl methyl sites for hydroxylation is 1. The van der Waals surface area contributed by atoms with Crippen molar-refractivity contribution in [1.29, 1.82) is 0 Å². The van der Waals surface area contributed by atoms with E-state index in [1.165, 1.54) is 0 Å². The van der Waals surface area contributed by atoms with E-state index in [2.05, 4.69) is 15.3 Å². The van der Waals surface area contributed by atoms with Crippen LogP contribution < -0.4 is 4.90 Å². The highest BCUT2D eigenvalue weighted by Gasteiger charge is 2.09. The number of hydrogen-bond donors (Lipinski definition) is 1. The van der Waals surface area contributed by atoms with Crippen molar-refractivity contribution in [2.45, 2.75) is 20.1 Å². The molecule has 0 aliphatic rings. The van der Waals surface area contributed by atoms with Gasteiger partial charge in [-0.05, 0) is 25.1 Å². The van der Waals surface area contributed by atoms with E-state index in [1.54, 1.807) is 17.4 Å². The summed E-state index contributed by atoms with van der Waals surface area (Å²) in [5, 5.41) is 13.1. The molecule has 0 aliphatic heterocycles. The van der Waals surface area contributed by atoms with E-state index in [4.69, 9.17) is 11.6 Å². The Hall–Kier alpha value is -1.10. The fraction of sp³-hybridized carbons (Fsp3) is 0.308. The molecule has 0 aliphatic carbocycles. The normalized spacial score (nSPS) is 10.7. The van der Waals surface area contributed by atoms with Crippen LogP contribution in [0.2, 0.25) is 5.02 Å². The average molecular weight is 283 g/mol. The van der Waals surface area contributed by atoms with Gasteiger partial charge in [-0.3, -0.25) is 0 Å². The Morgan fingerprint density at radius 3 is 2.83 bits per heavy atom. The highest BCUT2D eigenvalue weighted by atomic mass is 35.5. The zero-order chi connectivity index (χ0) is 13.1. The Morgan fingerprint density at radius 2 is 2.22 bits per heavy atom. The summed E-state index contributed by atoms with van der Waals surface area (Å²) in [5.74, 6) is 0. The fourth-order valence-electron chi connectivity index (χ4n) is 1.86. The minimum Gasteiger partial charge on any atom is -0.392 e. The summed E-state index contributed by atoms with van der Waals surface area (Å²) in [6, 6.07) is 5.55. The molecule has 0 saturated heterocycles. The standard InChI is InChI=1S/C13H15ClN2OS/c1-9-15-12(8-18-9)6-16(2)13-4-3-11(14)5-10(13)7-17/h3-5,8,17H,6-7H2,1-2H3. The number of halogens is 1. The van der Waals surface area contributed by atoms with E-state index < -0.39 is 0 Å². The van der Waals surface area contributed by atoms with Gasteiger partial charge >= 0.3 is 0 Å². The number of benzene rings is 1. The van der Waals surface area contributed by atoms with Gasteiger partial charge in [-0.1, -0.05) is 11.6 Å². The van der Waals surface area contributed by atoms with Crippen LogP contribution in [0, 0.1) is 6.92 Å². The molecule has 3 nitrogen and oxygen atoms in total. The minimum atomic E-state index is -0.0175. The van der Waals surface area contributed by atoms with Gasteiger partial charge in [0.15, 0.2) is 0 Å². The Morgan fingerprint density at radius 1 is 1.44 bits per heavy atom. The third kappa shape index (κ3) is 3.02. The number of rotatable bonds is 4. The molecule has 18 heavy (non-hydrogen) atoms. The van der Waals surface area contributed by atoms with E-state index in [-0.39, 0.29) is 6.61 Å². The van der Waals surface area contributed by atoms with Gasteiger partial charge in [0.25, 0.3) is 0 Å². The fourth-order valence-corrected chi connectivity index (χ4v) is 2.66. The molecule has 0 bridgehead atoms. The molecule has 1 heterocycles. The first kappa shape index (κ1) is 13.3. The van der Waals surface area contributed by atoms with Crippen molar-refractivity contribution in [3.05, 3.63) is 44.9 Å². The van der Waals surface area contributed by atoms with Crippen molar-refractivity contribution in [2.75, 3.05) is 11.9 Å². The largest absolute Gasteiger partial charge is 0.392 e. The van der Waals surface area contributed by atoms with Gasteiger partial charge in [0, 0.05) is 28.7 Å². The Balaban J connectivity index is 2.20. The van der Waals surface area contributed by atoms with E-state index in [1.807, 2.05) is 26.1 Å². The maximum Gasteiger partial charge on any atom is 0.0898 e. The van der Waals surface area contributed by atoms with Crippen LogP contribution in [-0.2, 0) is 13.2 Å². The zero-order valence-corrected chi connectivity index (χ0v) is 11.9. The molecular weight excluding hydrogens is 268 g/mol. The van der Waals surface area contributed by atoms with Crippen molar-refractivity contribution in [1.82, 2.24) is 4.98 Å². The van der Waals surface area contributed by atoms with Crippen LogP contribution in [-0.4, -0.2) is 17.1 Å². The monoisotopic (exact) mass is 282 g/mol. The SMILES string of the molecule is Cc1nc(CN(C)c2ccc(Cl)cc2CO)cs1. The summed E-state index contributed by atoms with van der Waals surface area (Å²) >= 11 is 7.57. The summed E-state index contributed by atoms with van der Waals surface area (Å²) in [7, 11) is 1.98. The molecule has 2 aromatic rings. The van der Waals surface area contributed by atoms with Crippen LogP contribution in [0.1, 0.15) is 16.3 Å². The lowest BCUT2D eigenvalue weighted by Gasteiger charge is -2.21. The van der Waals surface area contributed by atoms with Crippen LogP contribution in [0.15, 0.2) is 23.6 Å². The Kier molecular flexibility index (Phi) is 4.22. The molecule has 2 rings (SSSR count). The smallest absolute Gasteiger partial charge is 0.0898 e. The molecule has 0 amide bonds. The predicted molar refractivity (Wildman–Crippen MR) is 76.3 cm³/mol. The molecule has 0 fully saturated rings.